The third-order valence-electron chi connectivity index (χ3n) is 5.31. The zero-order valence-corrected chi connectivity index (χ0v) is 16.8. The third kappa shape index (κ3) is 2.95. The Morgan fingerprint density at radius 2 is 1.75 bits per heavy atom. The van der Waals surface area contributed by atoms with Crippen molar-refractivity contribution in [1.82, 2.24) is 5.01 Å². The van der Waals surface area contributed by atoms with Crippen LogP contribution in [0, 0.1) is 6.92 Å². The van der Waals surface area contributed by atoms with Crippen molar-refractivity contribution in [2.45, 2.75) is 25.6 Å². The van der Waals surface area contributed by atoms with E-state index in [9.17, 15) is 0 Å². The topological polar surface area (TPSA) is 24.8 Å². The van der Waals surface area contributed by atoms with Gasteiger partial charge in [0, 0.05) is 22.6 Å². The minimum Gasteiger partial charge on any atom is -0.464 e. The Morgan fingerprint density at radius 1 is 0.964 bits per heavy atom. The summed E-state index contributed by atoms with van der Waals surface area (Å²) >= 11 is 12.6. The second-order valence-electron chi connectivity index (χ2n) is 7.19. The van der Waals surface area contributed by atoms with Gasteiger partial charge in [0.2, 0.25) is 6.23 Å². The molecule has 0 spiro atoms. The van der Waals surface area contributed by atoms with Gasteiger partial charge >= 0.3 is 0 Å². The van der Waals surface area contributed by atoms with Crippen LogP contribution in [-0.4, -0.2) is 10.7 Å². The van der Waals surface area contributed by atoms with Crippen molar-refractivity contribution in [2.75, 3.05) is 0 Å². The molecule has 0 aliphatic carbocycles. The molecule has 2 aliphatic heterocycles. The molecule has 5 rings (SSSR count). The number of para-hydroxylation sites is 1. The van der Waals surface area contributed by atoms with Gasteiger partial charge < -0.3 is 4.74 Å². The summed E-state index contributed by atoms with van der Waals surface area (Å²) < 4.78 is 6.35. The summed E-state index contributed by atoms with van der Waals surface area (Å²) in [6, 6.07) is 22.3. The van der Waals surface area contributed by atoms with Crippen molar-refractivity contribution in [3.63, 3.8) is 0 Å². The van der Waals surface area contributed by atoms with Crippen LogP contribution in [0.3, 0.4) is 0 Å². The molecule has 140 valence electrons. The predicted molar refractivity (Wildman–Crippen MR) is 113 cm³/mol. The highest BCUT2D eigenvalue weighted by atomic mass is 35.5. The Balaban J connectivity index is 1.61. The van der Waals surface area contributed by atoms with Gasteiger partial charge in [-0.1, -0.05) is 77.3 Å². The molecule has 0 saturated carbocycles. The number of aryl methyl sites for hydroxylation is 1. The zero-order valence-electron chi connectivity index (χ0n) is 15.3. The van der Waals surface area contributed by atoms with Crippen LogP contribution in [0.2, 0.25) is 10.0 Å². The Hall–Kier alpha value is -2.49. The lowest BCUT2D eigenvalue weighted by Gasteiger charge is -2.38. The highest BCUT2D eigenvalue weighted by Crippen LogP contribution is 2.48. The second-order valence-corrected chi connectivity index (χ2v) is 8.03. The maximum absolute atomic E-state index is 6.51. The second kappa shape index (κ2) is 6.84. The molecule has 2 atom stereocenters. The Labute approximate surface area is 174 Å². The molecule has 28 heavy (non-hydrogen) atoms. The van der Waals surface area contributed by atoms with E-state index in [1.165, 1.54) is 5.56 Å². The summed E-state index contributed by atoms with van der Waals surface area (Å²) in [5.41, 5.74) is 5.44. The fourth-order valence-corrected chi connectivity index (χ4v) is 4.36. The first-order chi connectivity index (χ1) is 13.6. The number of halogens is 2. The zero-order chi connectivity index (χ0) is 19.3. The maximum Gasteiger partial charge on any atom is 0.215 e. The Bertz CT molecular complexity index is 1080. The van der Waals surface area contributed by atoms with Gasteiger partial charge in [0.15, 0.2) is 0 Å². The number of hydrogen-bond donors (Lipinski definition) is 0. The van der Waals surface area contributed by atoms with Crippen molar-refractivity contribution in [3.05, 3.63) is 99.0 Å². The standard InChI is InChI=1S/C23H18Cl2N2O/c1-14-6-8-15(9-7-14)20-13-21-18-4-2-3-5-22(18)28-23(27(21)26-20)17-11-10-16(24)12-19(17)25/h2-12,21,23H,13H2,1H3/t21-,23-/m1/s1. The molecule has 2 aliphatic rings. The maximum atomic E-state index is 6.51. The van der Waals surface area contributed by atoms with Crippen LogP contribution in [0.1, 0.15) is 40.9 Å². The first-order valence-electron chi connectivity index (χ1n) is 9.23. The average Bonchev–Trinajstić information content (AvgIpc) is 3.14. The number of rotatable bonds is 2. The van der Waals surface area contributed by atoms with Crippen LogP contribution in [0.15, 0.2) is 71.8 Å². The highest BCUT2D eigenvalue weighted by molar-refractivity contribution is 6.35. The summed E-state index contributed by atoms with van der Waals surface area (Å²) in [5, 5.41) is 8.18. The molecule has 0 radical (unpaired) electrons. The summed E-state index contributed by atoms with van der Waals surface area (Å²) in [6.07, 6.45) is 0.429. The first kappa shape index (κ1) is 17.6. The molecule has 5 heteroatoms. The minimum absolute atomic E-state index is 0.109. The van der Waals surface area contributed by atoms with Crippen molar-refractivity contribution >= 4 is 28.9 Å². The average molecular weight is 409 g/mol. The molecule has 0 aromatic heterocycles. The number of nitrogens with zero attached hydrogens (tertiary/aromatic N) is 2. The van der Waals surface area contributed by atoms with Gasteiger partial charge in [-0.2, -0.15) is 5.10 Å². The summed E-state index contributed by atoms with van der Waals surface area (Å²) in [4.78, 5) is 0. The quantitative estimate of drug-likeness (QED) is 0.480. The van der Waals surface area contributed by atoms with Gasteiger partial charge in [-0.3, -0.25) is 0 Å². The first-order valence-corrected chi connectivity index (χ1v) is 9.99. The molecule has 3 aromatic rings. The lowest BCUT2D eigenvalue weighted by molar-refractivity contribution is -0.0189. The Kier molecular flexibility index (Phi) is 4.30. The van der Waals surface area contributed by atoms with E-state index in [2.05, 4.69) is 37.3 Å². The number of hydrazone groups is 1. The van der Waals surface area contributed by atoms with Crippen LogP contribution >= 0.6 is 23.2 Å². The summed E-state index contributed by atoms with van der Waals surface area (Å²) in [7, 11) is 0. The van der Waals surface area contributed by atoms with Gasteiger partial charge in [-0.15, -0.1) is 0 Å². The largest absolute Gasteiger partial charge is 0.464 e. The molecule has 3 nitrogen and oxygen atoms in total. The van der Waals surface area contributed by atoms with E-state index in [1.807, 2.05) is 35.3 Å². The molecule has 2 heterocycles. The van der Waals surface area contributed by atoms with Crippen LogP contribution in [0.5, 0.6) is 5.75 Å². The lowest BCUT2D eigenvalue weighted by atomic mass is 9.95. The Morgan fingerprint density at radius 3 is 2.54 bits per heavy atom. The van der Waals surface area contributed by atoms with Gasteiger partial charge in [-0.05, 0) is 30.7 Å². The van der Waals surface area contributed by atoms with E-state index in [0.717, 1.165) is 34.6 Å². The minimum atomic E-state index is -0.396. The number of fused-ring (bicyclic) bond motifs is 3. The third-order valence-corrected chi connectivity index (χ3v) is 5.87. The van der Waals surface area contributed by atoms with Crippen molar-refractivity contribution < 1.29 is 4.74 Å². The monoisotopic (exact) mass is 408 g/mol. The van der Waals surface area contributed by atoms with Crippen LogP contribution in [0.25, 0.3) is 0 Å². The van der Waals surface area contributed by atoms with Gasteiger partial charge in [0.25, 0.3) is 0 Å². The number of hydrogen-bond acceptors (Lipinski definition) is 3. The van der Waals surface area contributed by atoms with E-state index in [1.54, 1.807) is 6.07 Å². The van der Waals surface area contributed by atoms with E-state index < -0.39 is 6.23 Å². The van der Waals surface area contributed by atoms with Crippen molar-refractivity contribution in [1.29, 1.82) is 0 Å². The van der Waals surface area contributed by atoms with Gasteiger partial charge in [0.05, 0.1) is 16.8 Å². The fraction of sp³-hybridized carbons (Fsp3) is 0.174. The smallest absolute Gasteiger partial charge is 0.215 e. The lowest BCUT2D eigenvalue weighted by Crippen LogP contribution is -2.33. The van der Waals surface area contributed by atoms with E-state index >= 15 is 0 Å². The molecular formula is C23H18Cl2N2O. The molecular weight excluding hydrogens is 391 g/mol. The predicted octanol–water partition coefficient (Wildman–Crippen LogP) is 6.54. The fourth-order valence-electron chi connectivity index (χ4n) is 3.86. The summed E-state index contributed by atoms with van der Waals surface area (Å²) in [6.45, 7) is 2.09. The van der Waals surface area contributed by atoms with Crippen LogP contribution in [-0.2, 0) is 0 Å². The van der Waals surface area contributed by atoms with Crippen molar-refractivity contribution in [3.8, 4) is 5.75 Å². The molecule has 0 bridgehead atoms. The van der Waals surface area contributed by atoms with E-state index in [4.69, 9.17) is 33.0 Å². The molecule has 0 amide bonds. The number of ether oxygens (including phenoxy) is 1. The van der Waals surface area contributed by atoms with Gasteiger partial charge in [-0.25, -0.2) is 5.01 Å². The van der Waals surface area contributed by atoms with E-state index in [-0.39, 0.29) is 6.04 Å². The van der Waals surface area contributed by atoms with E-state index in [0.29, 0.717) is 10.0 Å². The highest BCUT2D eigenvalue weighted by Gasteiger charge is 2.41. The normalized spacial score (nSPS) is 20.2. The molecule has 0 fully saturated rings. The SMILES string of the molecule is Cc1ccc(C2=NN3[C@H](C2)c2ccccc2O[C@@H]3c2ccc(Cl)cc2Cl)cc1. The molecule has 3 aromatic carbocycles. The van der Waals surface area contributed by atoms with Crippen LogP contribution in [0.4, 0.5) is 0 Å². The molecule has 0 unspecified atom stereocenters. The number of benzene rings is 3. The van der Waals surface area contributed by atoms with Gasteiger partial charge in [0.1, 0.15) is 5.75 Å². The molecule has 0 N–H and O–H groups in total. The summed E-state index contributed by atoms with van der Waals surface area (Å²) in [5.74, 6) is 0.875. The molecule has 0 saturated heterocycles. The van der Waals surface area contributed by atoms with Crippen molar-refractivity contribution in [2.24, 2.45) is 5.10 Å². The van der Waals surface area contributed by atoms with Crippen LogP contribution < -0.4 is 4.74 Å².